The van der Waals surface area contributed by atoms with E-state index in [0.29, 0.717) is 17.0 Å². The van der Waals surface area contributed by atoms with E-state index in [1.54, 1.807) is 12.1 Å². The first kappa shape index (κ1) is 21.5. The number of hydrogen-bond acceptors (Lipinski definition) is 2. The zero-order chi connectivity index (χ0) is 21.0. The third kappa shape index (κ3) is 5.44. The highest BCUT2D eigenvalue weighted by Gasteiger charge is 2.30. The van der Waals surface area contributed by atoms with Crippen LogP contribution < -0.4 is 0 Å². The quantitative estimate of drug-likeness (QED) is 0.355. The van der Waals surface area contributed by atoms with Crippen LogP contribution in [0.2, 0.25) is 0 Å². The second kappa shape index (κ2) is 9.08. The van der Waals surface area contributed by atoms with Crippen molar-refractivity contribution in [2.24, 2.45) is 0 Å². The smallest absolute Gasteiger partial charge is 0.241 e. The highest BCUT2D eigenvalue weighted by molar-refractivity contribution is 7.15. The number of rotatable bonds is 7. The fraction of sp³-hybridized carbons (Fsp3) is 0.348. The average Bonchev–Trinajstić information content (AvgIpc) is 3.06. The number of hydrogen-bond donors (Lipinski definition) is 0. The first-order valence-electron chi connectivity index (χ1n) is 9.67. The van der Waals surface area contributed by atoms with Crippen molar-refractivity contribution in [1.29, 1.82) is 0 Å². The molecule has 0 aliphatic heterocycles. The molecule has 0 spiro atoms. The molecule has 154 valence electrons. The predicted octanol–water partition coefficient (Wildman–Crippen LogP) is 7.79. The summed E-state index contributed by atoms with van der Waals surface area (Å²) in [6, 6.07) is 11.8. The molecular formula is C23H23F4NS. The summed E-state index contributed by atoms with van der Waals surface area (Å²) in [6.07, 6.45) is -0.565. The Kier molecular flexibility index (Phi) is 6.73. The lowest BCUT2D eigenvalue weighted by atomic mass is 9.92. The van der Waals surface area contributed by atoms with Crippen LogP contribution in [0.5, 0.6) is 0 Å². The van der Waals surface area contributed by atoms with Crippen LogP contribution in [0.3, 0.4) is 0 Å². The molecule has 0 fully saturated rings. The average molecular weight is 422 g/mol. The van der Waals surface area contributed by atoms with E-state index < -0.39 is 11.7 Å². The first-order valence-corrected chi connectivity index (χ1v) is 10.5. The Morgan fingerprint density at radius 3 is 2.41 bits per heavy atom. The molecular weight excluding hydrogens is 398 g/mol. The number of alkyl halides is 3. The van der Waals surface area contributed by atoms with E-state index in [4.69, 9.17) is 0 Å². The number of thiazole rings is 1. The summed E-state index contributed by atoms with van der Waals surface area (Å²) >= 11 is 1.52. The number of unbranched alkanes of at least 4 members (excludes halogenated alkanes) is 1. The molecule has 0 aliphatic carbocycles. The molecule has 3 rings (SSSR count). The summed E-state index contributed by atoms with van der Waals surface area (Å²) < 4.78 is 52.0. The third-order valence-electron chi connectivity index (χ3n) is 4.94. The molecule has 0 radical (unpaired) electrons. The lowest BCUT2D eigenvalue weighted by molar-refractivity contribution is -0.137. The number of nitrogens with zero attached hydrogens (tertiary/aromatic N) is 1. The van der Waals surface area contributed by atoms with E-state index in [9.17, 15) is 17.6 Å². The topological polar surface area (TPSA) is 12.9 Å². The summed E-state index contributed by atoms with van der Waals surface area (Å²) in [7, 11) is 0. The molecule has 2 aromatic carbocycles. The highest BCUT2D eigenvalue weighted by Crippen LogP contribution is 2.38. The van der Waals surface area contributed by atoms with Gasteiger partial charge < -0.3 is 0 Å². The molecule has 3 aromatic rings. The predicted molar refractivity (Wildman–Crippen MR) is 110 cm³/mol. The minimum Gasteiger partial charge on any atom is -0.241 e. The van der Waals surface area contributed by atoms with Crippen molar-refractivity contribution >= 4 is 11.3 Å². The van der Waals surface area contributed by atoms with Crippen molar-refractivity contribution in [3.05, 3.63) is 76.0 Å². The SMILES string of the molecule is CCCCC(Cc1cccc(F)c1)c1sc(-c2ccc(C(F)(F)F)cc2)nc1C. The van der Waals surface area contributed by atoms with Crippen molar-refractivity contribution in [3.8, 4) is 10.6 Å². The fourth-order valence-corrected chi connectivity index (χ4v) is 4.64. The lowest BCUT2D eigenvalue weighted by Gasteiger charge is -2.16. The lowest BCUT2D eigenvalue weighted by Crippen LogP contribution is -2.03. The largest absolute Gasteiger partial charge is 0.416 e. The molecule has 6 heteroatoms. The van der Waals surface area contributed by atoms with Crippen molar-refractivity contribution in [2.45, 2.75) is 51.6 Å². The zero-order valence-corrected chi connectivity index (χ0v) is 17.2. The van der Waals surface area contributed by atoms with E-state index in [2.05, 4.69) is 11.9 Å². The second-order valence-electron chi connectivity index (χ2n) is 7.22. The van der Waals surface area contributed by atoms with Crippen LogP contribution >= 0.6 is 11.3 Å². The van der Waals surface area contributed by atoms with Crippen LogP contribution in [0.1, 0.15) is 53.8 Å². The molecule has 1 atom stereocenters. The Labute approximate surface area is 172 Å². The van der Waals surface area contributed by atoms with Gasteiger partial charge in [-0.2, -0.15) is 13.2 Å². The van der Waals surface area contributed by atoms with Gasteiger partial charge in [0.15, 0.2) is 0 Å². The van der Waals surface area contributed by atoms with E-state index in [0.717, 1.165) is 47.5 Å². The summed E-state index contributed by atoms with van der Waals surface area (Å²) in [5, 5.41) is 0.715. The molecule has 1 heterocycles. The van der Waals surface area contributed by atoms with Crippen LogP contribution in [0.25, 0.3) is 10.6 Å². The van der Waals surface area contributed by atoms with Crippen molar-refractivity contribution < 1.29 is 17.6 Å². The summed E-state index contributed by atoms with van der Waals surface area (Å²) in [5.74, 6) is -0.0411. The van der Waals surface area contributed by atoms with Crippen molar-refractivity contribution in [2.75, 3.05) is 0 Å². The Balaban J connectivity index is 1.88. The van der Waals surface area contributed by atoms with Gasteiger partial charge in [0.1, 0.15) is 10.8 Å². The van der Waals surface area contributed by atoms with Gasteiger partial charge in [0.2, 0.25) is 0 Å². The van der Waals surface area contributed by atoms with Crippen LogP contribution in [0.4, 0.5) is 17.6 Å². The Morgan fingerprint density at radius 2 is 1.79 bits per heavy atom. The summed E-state index contributed by atoms with van der Waals surface area (Å²) in [6.45, 7) is 4.07. The maximum atomic E-state index is 13.6. The zero-order valence-electron chi connectivity index (χ0n) is 16.4. The van der Waals surface area contributed by atoms with Gasteiger partial charge in [-0.15, -0.1) is 11.3 Å². The molecule has 0 saturated carbocycles. The van der Waals surface area contributed by atoms with E-state index >= 15 is 0 Å². The molecule has 0 saturated heterocycles. The molecule has 0 bridgehead atoms. The van der Waals surface area contributed by atoms with Gasteiger partial charge in [-0.3, -0.25) is 0 Å². The van der Waals surface area contributed by atoms with Gasteiger partial charge in [-0.1, -0.05) is 44.0 Å². The minimum absolute atomic E-state index is 0.206. The Bertz CT molecular complexity index is 944. The molecule has 0 aliphatic rings. The fourth-order valence-electron chi connectivity index (χ4n) is 3.44. The van der Waals surface area contributed by atoms with Crippen LogP contribution in [-0.4, -0.2) is 4.98 Å². The van der Waals surface area contributed by atoms with E-state index in [1.165, 1.54) is 29.5 Å². The number of benzene rings is 2. The minimum atomic E-state index is -4.35. The van der Waals surface area contributed by atoms with Gasteiger partial charge in [0, 0.05) is 10.4 Å². The van der Waals surface area contributed by atoms with Crippen LogP contribution in [0.15, 0.2) is 48.5 Å². The number of halogens is 4. The highest BCUT2D eigenvalue weighted by atomic mass is 32.1. The maximum Gasteiger partial charge on any atom is 0.416 e. The van der Waals surface area contributed by atoms with Gasteiger partial charge >= 0.3 is 6.18 Å². The van der Waals surface area contributed by atoms with Gasteiger partial charge in [-0.25, -0.2) is 9.37 Å². The number of aromatic nitrogens is 1. The van der Waals surface area contributed by atoms with Gasteiger partial charge in [0.25, 0.3) is 0 Å². The Morgan fingerprint density at radius 1 is 1.07 bits per heavy atom. The summed E-state index contributed by atoms with van der Waals surface area (Å²) in [5.41, 5.74) is 1.84. The molecule has 0 N–H and O–H groups in total. The molecule has 29 heavy (non-hydrogen) atoms. The summed E-state index contributed by atoms with van der Waals surface area (Å²) in [4.78, 5) is 5.75. The maximum absolute atomic E-state index is 13.6. The van der Waals surface area contributed by atoms with Crippen molar-refractivity contribution in [3.63, 3.8) is 0 Å². The first-order chi connectivity index (χ1) is 13.8. The van der Waals surface area contributed by atoms with Gasteiger partial charge in [-0.05, 0) is 55.5 Å². The van der Waals surface area contributed by atoms with Crippen LogP contribution in [-0.2, 0) is 12.6 Å². The number of aryl methyl sites for hydroxylation is 1. The standard InChI is InChI=1S/C23H23F4NS/c1-3-4-7-18(13-16-6-5-8-20(24)14-16)21-15(2)28-22(29-21)17-9-11-19(12-10-17)23(25,26)27/h5-6,8-12,14,18H,3-4,7,13H2,1-2H3. The third-order valence-corrected chi connectivity index (χ3v) is 6.31. The monoisotopic (exact) mass is 421 g/mol. The molecule has 0 amide bonds. The Hall–Kier alpha value is -2.21. The van der Waals surface area contributed by atoms with Gasteiger partial charge in [0.05, 0.1) is 11.3 Å². The molecule has 1 aromatic heterocycles. The van der Waals surface area contributed by atoms with Crippen molar-refractivity contribution in [1.82, 2.24) is 4.98 Å². The van der Waals surface area contributed by atoms with E-state index in [1.807, 2.05) is 13.0 Å². The molecule has 1 unspecified atom stereocenters. The normalized spacial score (nSPS) is 12.9. The molecule has 1 nitrogen and oxygen atoms in total. The van der Waals surface area contributed by atoms with E-state index in [-0.39, 0.29) is 11.7 Å². The second-order valence-corrected chi connectivity index (χ2v) is 8.25. The van der Waals surface area contributed by atoms with Crippen LogP contribution in [0, 0.1) is 12.7 Å².